The van der Waals surface area contributed by atoms with Gasteiger partial charge in [-0.3, -0.25) is 0 Å². The molecule has 0 aliphatic rings. The third kappa shape index (κ3) is 9.99. The fourth-order valence-electron chi connectivity index (χ4n) is 3.25. The molecule has 2 aromatic carbocycles. The number of nitrogens with zero attached hydrogens (tertiary/aromatic N) is 2. The van der Waals surface area contributed by atoms with Gasteiger partial charge in [0.2, 0.25) is 0 Å². The van der Waals surface area contributed by atoms with Crippen molar-refractivity contribution in [1.82, 2.24) is 0 Å². The molecule has 0 unspecified atom stereocenters. The molecule has 0 saturated heterocycles. The lowest BCUT2D eigenvalue weighted by Gasteiger charge is -2.07. The van der Waals surface area contributed by atoms with Gasteiger partial charge in [0.15, 0.2) is 0 Å². The van der Waals surface area contributed by atoms with Crippen molar-refractivity contribution in [3.8, 4) is 23.6 Å². The highest BCUT2D eigenvalue weighted by molar-refractivity contribution is 5.35. The molecule has 0 bridgehead atoms. The van der Waals surface area contributed by atoms with Crippen LogP contribution in [-0.2, 0) is 0 Å². The Morgan fingerprint density at radius 1 is 0.467 bits per heavy atom. The minimum atomic E-state index is 0.666. The average Bonchev–Trinajstić information content (AvgIpc) is 2.80. The Morgan fingerprint density at radius 3 is 1.07 bits per heavy atom. The van der Waals surface area contributed by atoms with Gasteiger partial charge in [0, 0.05) is 0 Å². The Labute approximate surface area is 181 Å². The first kappa shape index (κ1) is 23.3. The van der Waals surface area contributed by atoms with E-state index in [1.807, 2.05) is 24.3 Å². The molecule has 0 spiro atoms. The van der Waals surface area contributed by atoms with Crippen molar-refractivity contribution in [2.75, 3.05) is 13.2 Å². The lowest BCUT2D eigenvalue weighted by molar-refractivity contribution is 0.303. The largest absolute Gasteiger partial charge is 0.494 e. The van der Waals surface area contributed by atoms with Crippen LogP contribution in [0.4, 0.5) is 0 Å². The summed E-state index contributed by atoms with van der Waals surface area (Å²) in [4.78, 5) is 0. The molecule has 4 heteroatoms. The molecule has 2 rings (SSSR count). The number of ether oxygens (including phenoxy) is 2. The van der Waals surface area contributed by atoms with Crippen LogP contribution in [0.5, 0.6) is 11.5 Å². The van der Waals surface area contributed by atoms with E-state index >= 15 is 0 Å². The van der Waals surface area contributed by atoms with E-state index in [9.17, 15) is 0 Å². The van der Waals surface area contributed by atoms with Gasteiger partial charge >= 0.3 is 0 Å². The molecule has 0 atom stereocenters. The molecule has 0 amide bonds. The lowest BCUT2D eigenvalue weighted by atomic mass is 10.1. The molecule has 0 N–H and O–H groups in total. The summed E-state index contributed by atoms with van der Waals surface area (Å²) in [5.74, 6) is 1.69. The predicted octanol–water partition coefficient (Wildman–Crippen LogP) is 6.79. The van der Waals surface area contributed by atoms with Crippen molar-refractivity contribution in [2.24, 2.45) is 0 Å². The van der Waals surface area contributed by atoms with Gasteiger partial charge in [-0.1, -0.05) is 51.4 Å². The van der Waals surface area contributed by atoms with Crippen LogP contribution < -0.4 is 9.47 Å². The summed E-state index contributed by atoms with van der Waals surface area (Å²) in [5, 5.41) is 17.6. The third-order valence-corrected chi connectivity index (χ3v) is 5.04. The first-order valence-electron chi connectivity index (χ1n) is 11.1. The second-order valence-electron chi connectivity index (χ2n) is 7.50. The second-order valence-corrected chi connectivity index (χ2v) is 7.50. The average molecular weight is 405 g/mol. The van der Waals surface area contributed by atoms with Crippen LogP contribution in [-0.4, -0.2) is 13.2 Å². The highest BCUT2D eigenvalue weighted by Gasteiger charge is 1.97. The van der Waals surface area contributed by atoms with Crippen LogP contribution in [0.25, 0.3) is 0 Å². The zero-order valence-corrected chi connectivity index (χ0v) is 17.8. The predicted molar refractivity (Wildman–Crippen MR) is 119 cm³/mol. The lowest BCUT2D eigenvalue weighted by Crippen LogP contribution is -1.97. The quantitative estimate of drug-likeness (QED) is 0.307. The molecule has 0 fully saturated rings. The molecule has 30 heavy (non-hydrogen) atoms. The van der Waals surface area contributed by atoms with E-state index in [1.165, 1.54) is 51.4 Å². The number of hydrogen-bond donors (Lipinski definition) is 0. The SMILES string of the molecule is N#Cc1ccc(OCCCCCCCCCCCCOc2ccc(C#N)cc2)cc1. The minimum Gasteiger partial charge on any atom is -0.494 e. The van der Waals surface area contributed by atoms with Gasteiger partial charge < -0.3 is 9.47 Å². The molecule has 0 saturated carbocycles. The van der Waals surface area contributed by atoms with Crippen molar-refractivity contribution < 1.29 is 9.47 Å². The van der Waals surface area contributed by atoms with Gasteiger partial charge in [-0.2, -0.15) is 10.5 Å². The number of rotatable bonds is 15. The van der Waals surface area contributed by atoms with E-state index in [2.05, 4.69) is 12.1 Å². The Morgan fingerprint density at radius 2 is 0.767 bits per heavy atom. The van der Waals surface area contributed by atoms with Crippen molar-refractivity contribution in [3.63, 3.8) is 0 Å². The smallest absolute Gasteiger partial charge is 0.119 e. The number of unbranched alkanes of at least 4 members (excludes halogenated alkanes) is 9. The number of benzene rings is 2. The molecule has 4 nitrogen and oxygen atoms in total. The van der Waals surface area contributed by atoms with Crippen LogP contribution in [0.3, 0.4) is 0 Å². The topological polar surface area (TPSA) is 66.0 Å². The third-order valence-electron chi connectivity index (χ3n) is 5.04. The Kier molecular flexibility index (Phi) is 11.6. The molecule has 0 aromatic heterocycles. The maximum atomic E-state index is 8.78. The Bertz CT molecular complexity index is 716. The van der Waals surface area contributed by atoms with Crippen LogP contribution in [0, 0.1) is 22.7 Å². The monoisotopic (exact) mass is 404 g/mol. The van der Waals surface area contributed by atoms with E-state index < -0.39 is 0 Å². The zero-order chi connectivity index (χ0) is 21.3. The van der Waals surface area contributed by atoms with Crippen molar-refractivity contribution in [2.45, 2.75) is 64.2 Å². The van der Waals surface area contributed by atoms with Gasteiger partial charge in [0.1, 0.15) is 11.5 Å². The van der Waals surface area contributed by atoms with Gasteiger partial charge in [-0.25, -0.2) is 0 Å². The first-order valence-corrected chi connectivity index (χ1v) is 11.1. The van der Waals surface area contributed by atoms with Crippen molar-refractivity contribution >= 4 is 0 Å². The molecule has 0 radical (unpaired) electrons. The minimum absolute atomic E-state index is 0.666. The fraction of sp³-hybridized carbons (Fsp3) is 0.462. The fourth-order valence-corrected chi connectivity index (χ4v) is 3.25. The van der Waals surface area contributed by atoms with E-state index in [-0.39, 0.29) is 0 Å². The first-order chi connectivity index (χ1) is 14.8. The van der Waals surface area contributed by atoms with E-state index in [0.717, 1.165) is 37.6 Å². The van der Waals surface area contributed by atoms with E-state index in [1.54, 1.807) is 24.3 Å². The van der Waals surface area contributed by atoms with Gasteiger partial charge in [-0.05, 0) is 61.4 Å². The van der Waals surface area contributed by atoms with Gasteiger partial charge in [0.05, 0.1) is 36.5 Å². The maximum absolute atomic E-state index is 8.78. The van der Waals surface area contributed by atoms with Gasteiger partial charge in [0.25, 0.3) is 0 Å². The maximum Gasteiger partial charge on any atom is 0.119 e. The molecular weight excluding hydrogens is 372 g/mol. The summed E-state index contributed by atoms with van der Waals surface area (Å²) in [7, 11) is 0. The van der Waals surface area contributed by atoms with Crippen LogP contribution in [0.2, 0.25) is 0 Å². The van der Waals surface area contributed by atoms with Crippen molar-refractivity contribution in [3.05, 3.63) is 59.7 Å². The van der Waals surface area contributed by atoms with Crippen LogP contribution in [0.15, 0.2) is 48.5 Å². The molecule has 0 heterocycles. The zero-order valence-electron chi connectivity index (χ0n) is 17.8. The Hall–Kier alpha value is -2.98. The van der Waals surface area contributed by atoms with Crippen molar-refractivity contribution in [1.29, 1.82) is 10.5 Å². The summed E-state index contributed by atoms with van der Waals surface area (Å²) in [6.45, 7) is 1.49. The molecule has 2 aromatic rings. The number of nitriles is 2. The van der Waals surface area contributed by atoms with Gasteiger partial charge in [-0.15, -0.1) is 0 Å². The molecule has 158 valence electrons. The standard InChI is InChI=1S/C26H32N2O2/c27-21-23-11-15-25(16-12-23)29-19-9-7-5-3-1-2-4-6-8-10-20-30-26-17-13-24(22-28)14-18-26/h11-18H,1-10,19-20H2. The normalized spacial score (nSPS) is 10.2. The summed E-state index contributed by atoms with van der Waals surface area (Å²) >= 11 is 0. The van der Waals surface area contributed by atoms with E-state index in [4.69, 9.17) is 20.0 Å². The molecule has 0 aliphatic heterocycles. The highest BCUT2D eigenvalue weighted by Crippen LogP contribution is 2.15. The second kappa shape index (κ2) is 14.9. The summed E-state index contributed by atoms with van der Waals surface area (Å²) in [6, 6.07) is 18.8. The number of hydrogen-bond acceptors (Lipinski definition) is 4. The summed E-state index contributed by atoms with van der Waals surface area (Å²) in [6.07, 6.45) is 12.4. The van der Waals surface area contributed by atoms with E-state index in [0.29, 0.717) is 11.1 Å². The van der Waals surface area contributed by atoms with Crippen LogP contribution >= 0.6 is 0 Å². The van der Waals surface area contributed by atoms with Crippen LogP contribution in [0.1, 0.15) is 75.3 Å². The highest BCUT2D eigenvalue weighted by atomic mass is 16.5. The molecule has 0 aliphatic carbocycles. The molecular formula is C26H32N2O2. The summed E-state index contributed by atoms with van der Waals surface area (Å²) in [5.41, 5.74) is 1.33. The summed E-state index contributed by atoms with van der Waals surface area (Å²) < 4.78 is 11.4. The Balaban J connectivity index is 1.33.